The quantitative estimate of drug-likeness (QED) is 0.632. The van der Waals surface area contributed by atoms with E-state index in [1.54, 1.807) is 13.2 Å². The molecule has 0 spiro atoms. The Morgan fingerprint density at radius 2 is 1.70 bits per heavy atom. The minimum atomic E-state index is -0.873. The number of amides is 1. The van der Waals surface area contributed by atoms with Crippen molar-refractivity contribution >= 4 is 34.8 Å². The van der Waals surface area contributed by atoms with Gasteiger partial charge < -0.3 is 10.1 Å². The molecule has 1 heterocycles. The summed E-state index contributed by atoms with van der Waals surface area (Å²) < 4.78 is 5.40. The summed E-state index contributed by atoms with van der Waals surface area (Å²) in [6.45, 7) is 0. The fraction of sp³-hybridized carbons (Fsp3) is 0.136. The molecule has 136 valence electrons. The number of benzene rings is 3. The third kappa shape index (κ3) is 3.07. The molecule has 5 heteroatoms. The van der Waals surface area contributed by atoms with Crippen molar-refractivity contribution < 1.29 is 9.53 Å². The maximum absolute atomic E-state index is 13.3. The van der Waals surface area contributed by atoms with Crippen molar-refractivity contribution in [2.75, 3.05) is 12.4 Å². The minimum Gasteiger partial charge on any atom is -0.497 e. The van der Waals surface area contributed by atoms with E-state index in [2.05, 4.69) is 5.32 Å². The summed E-state index contributed by atoms with van der Waals surface area (Å²) in [5.74, 6) is 0.626. The minimum absolute atomic E-state index is 0.0806. The van der Waals surface area contributed by atoms with Crippen molar-refractivity contribution in [2.45, 2.75) is 11.8 Å². The molecule has 0 bridgehead atoms. The lowest BCUT2D eigenvalue weighted by atomic mass is 9.71. The van der Waals surface area contributed by atoms with E-state index in [1.165, 1.54) is 0 Å². The van der Waals surface area contributed by atoms with Crippen LogP contribution in [0.25, 0.3) is 0 Å². The number of nitrogens with one attached hydrogen (secondary N) is 1. The summed E-state index contributed by atoms with van der Waals surface area (Å²) in [5, 5.41) is 4.26. The number of halogens is 2. The molecule has 1 atom stereocenters. The Hall–Kier alpha value is -2.49. The maximum atomic E-state index is 13.3. The van der Waals surface area contributed by atoms with Crippen molar-refractivity contribution in [2.24, 2.45) is 0 Å². The van der Waals surface area contributed by atoms with Crippen LogP contribution in [0.3, 0.4) is 0 Å². The van der Waals surface area contributed by atoms with Gasteiger partial charge in [0.1, 0.15) is 11.2 Å². The summed E-state index contributed by atoms with van der Waals surface area (Å²) in [6.07, 6.45) is 0.498. The lowest BCUT2D eigenvalue weighted by molar-refractivity contribution is -0.119. The maximum Gasteiger partial charge on any atom is 0.239 e. The van der Waals surface area contributed by atoms with Gasteiger partial charge in [-0.25, -0.2) is 0 Å². The SMILES string of the molecule is COc1cccc(C2(Cc3ccc(Cl)cc3)C(=O)Nc3cc(Cl)ccc32)c1. The summed E-state index contributed by atoms with van der Waals surface area (Å²) in [7, 11) is 1.62. The van der Waals surface area contributed by atoms with Crippen molar-refractivity contribution in [3.8, 4) is 5.75 Å². The van der Waals surface area contributed by atoms with E-state index in [9.17, 15) is 4.79 Å². The second kappa shape index (κ2) is 6.91. The van der Waals surface area contributed by atoms with E-state index in [1.807, 2.05) is 60.7 Å². The number of methoxy groups -OCH3 is 1. The van der Waals surface area contributed by atoms with Crippen LogP contribution in [0.5, 0.6) is 5.75 Å². The summed E-state index contributed by atoms with van der Waals surface area (Å²) in [6, 6.07) is 20.8. The van der Waals surface area contributed by atoms with Crippen LogP contribution >= 0.6 is 23.2 Å². The van der Waals surface area contributed by atoms with Gasteiger partial charge in [0.05, 0.1) is 7.11 Å². The van der Waals surface area contributed by atoms with Gasteiger partial charge in [-0.2, -0.15) is 0 Å². The predicted molar refractivity (Wildman–Crippen MR) is 109 cm³/mol. The van der Waals surface area contributed by atoms with E-state index in [-0.39, 0.29) is 5.91 Å². The Balaban J connectivity index is 1.93. The molecule has 1 unspecified atom stereocenters. The fourth-order valence-electron chi connectivity index (χ4n) is 3.70. The van der Waals surface area contributed by atoms with Gasteiger partial charge in [-0.05, 0) is 59.5 Å². The monoisotopic (exact) mass is 397 g/mol. The third-order valence-electron chi connectivity index (χ3n) is 5.02. The lowest BCUT2D eigenvalue weighted by Gasteiger charge is -2.29. The molecule has 4 rings (SSSR count). The predicted octanol–water partition coefficient (Wildman–Crippen LogP) is 5.48. The largest absolute Gasteiger partial charge is 0.497 e. The molecule has 0 aliphatic carbocycles. The third-order valence-corrected chi connectivity index (χ3v) is 5.51. The highest BCUT2D eigenvalue weighted by Crippen LogP contribution is 2.46. The molecular weight excluding hydrogens is 381 g/mol. The van der Waals surface area contributed by atoms with Crippen LogP contribution in [0.15, 0.2) is 66.7 Å². The molecule has 1 aliphatic rings. The topological polar surface area (TPSA) is 38.3 Å². The fourth-order valence-corrected chi connectivity index (χ4v) is 4.00. The number of hydrogen-bond donors (Lipinski definition) is 1. The molecule has 3 aromatic rings. The van der Waals surface area contributed by atoms with Crippen LogP contribution in [0.2, 0.25) is 10.0 Å². The number of ether oxygens (including phenoxy) is 1. The lowest BCUT2D eigenvalue weighted by Crippen LogP contribution is -2.38. The first-order chi connectivity index (χ1) is 13.0. The van der Waals surface area contributed by atoms with Gasteiger partial charge in [-0.15, -0.1) is 0 Å². The van der Waals surface area contributed by atoms with Crippen molar-refractivity contribution in [1.82, 2.24) is 0 Å². The van der Waals surface area contributed by atoms with Gasteiger partial charge >= 0.3 is 0 Å². The number of fused-ring (bicyclic) bond motifs is 1. The second-order valence-electron chi connectivity index (χ2n) is 6.58. The van der Waals surface area contributed by atoms with Gasteiger partial charge in [-0.1, -0.05) is 53.5 Å². The highest BCUT2D eigenvalue weighted by molar-refractivity contribution is 6.31. The van der Waals surface area contributed by atoms with Gasteiger partial charge in [0, 0.05) is 15.7 Å². The van der Waals surface area contributed by atoms with Crippen LogP contribution in [0.4, 0.5) is 5.69 Å². The first-order valence-corrected chi connectivity index (χ1v) is 9.29. The zero-order valence-corrected chi connectivity index (χ0v) is 16.1. The molecule has 27 heavy (non-hydrogen) atoms. The first kappa shape index (κ1) is 17.9. The Labute approximate surface area is 167 Å². The van der Waals surface area contributed by atoms with E-state index in [0.29, 0.717) is 22.2 Å². The molecule has 0 saturated carbocycles. The van der Waals surface area contributed by atoms with Gasteiger partial charge in [0.15, 0.2) is 0 Å². The standard InChI is InChI=1S/C22H17Cl2NO2/c1-27-18-4-2-3-15(11-18)22(13-14-5-7-16(23)8-6-14)19-10-9-17(24)12-20(19)25-21(22)26/h2-12H,13H2,1H3,(H,25,26). The first-order valence-electron chi connectivity index (χ1n) is 8.53. The van der Waals surface area contributed by atoms with Crippen molar-refractivity contribution in [3.05, 3.63) is 93.5 Å². The highest BCUT2D eigenvalue weighted by atomic mass is 35.5. The smallest absolute Gasteiger partial charge is 0.239 e. The van der Waals surface area contributed by atoms with Crippen LogP contribution < -0.4 is 10.1 Å². The van der Waals surface area contributed by atoms with Crippen LogP contribution in [-0.4, -0.2) is 13.0 Å². The summed E-state index contributed by atoms with van der Waals surface area (Å²) in [5.41, 5.74) is 2.65. The van der Waals surface area contributed by atoms with Crippen LogP contribution in [0.1, 0.15) is 16.7 Å². The van der Waals surface area contributed by atoms with E-state index in [4.69, 9.17) is 27.9 Å². The molecule has 1 aliphatic heterocycles. The molecule has 0 radical (unpaired) electrons. The average molecular weight is 398 g/mol. The number of carbonyl (C=O) groups is 1. The van der Waals surface area contributed by atoms with E-state index >= 15 is 0 Å². The van der Waals surface area contributed by atoms with Crippen LogP contribution in [0, 0.1) is 0 Å². The number of hydrogen-bond acceptors (Lipinski definition) is 2. The number of anilines is 1. The van der Waals surface area contributed by atoms with Crippen LogP contribution in [-0.2, 0) is 16.6 Å². The van der Waals surface area contributed by atoms with Crippen molar-refractivity contribution in [3.63, 3.8) is 0 Å². The summed E-state index contributed by atoms with van der Waals surface area (Å²) >= 11 is 12.2. The second-order valence-corrected chi connectivity index (χ2v) is 7.46. The Morgan fingerprint density at radius 1 is 0.963 bits per heavy atom. The van der Waals surface area contributed by atoms with E-state index < -0.39 is 5.41 Å². The molecule has 0 saturated heterocycles. The highest BCUT2D eigenvalue weighted by Gasteiger charge is 2.48. The van der Waals surface area contributed by atoms with Gasteiger partial charge in [0.2, 0.25) is 5.91 Å². The Morgan fingerprint density at radius 3 is 2.44 bits per heavy atom. The summed E-state index contributed by atoms with van der Waals surface area (Å²) in [4.78, 5) is 13.3. The van der Waals surface area contributed by atoms with Gasteiger partial charge in [0.25, 0.3) is 0 Å². The molecule has 0 fully saturated rings. The molecule has 3 nitrogen and oxygen atoms in total. The number of carbonyl (C=O) groups excluding carboxylic acids is 1. The van der Waals surface area contributed by atoms with E-state index in [0.717, 1.165) is 22.4 Å². The molecule has 1 amide bonds. The normalized spacial score (nSPS) is 18.1. The number of rotatable bonds is 4. The Kier molecular flexibility index (Phi) is 4.58. The zero-order chi connectivity index (χ0) is 19.0. The molecule has 1 N–H and O–H groups in total. The molecule has 0 aromatic heterocycles. The van der Waals surface area contributed by atoms with Crippen molar-refractivity contribution in [1.29, 1.82) is 0 Å². The zero-order valence-electron chi connectivity index (χ0n) is 14.6. The van der Waals surface area contributed by atoms with Gasteiger partial charge in [-0.3, -0.25) is 4.79 Å². The molecular formula is C22H17Cl2NO2. The Bertz CT molecular complexity index is 1020. The molecule has 3 aromatic carbocycles. The average Bonchev–Trinajstić information content (AvgIpc) is 2.95.